The lowest BCUT2D eigenvalue weighted by Gasteiger charge is -2.18. The minimum absolute atomic E-state index is 0.0513. The van der Waals surface area contributed by atoms with Crippen molar-refractivity contribution in [2.45, 2.75) is 6.92 Å². The van der Waals surface area contributed by atoms with Gasteiger partial charge in [0.1, 0.15) is 11.5 Å². The quantitative estimate of drug-likeness (QED) is 0.920. The van der Waals surface area contributed by atoms with E-state index in [2.05, 4.69) is 10.2 Å². The van der Waals surface area contributed by atoms with Crippen molar-refractivity contribution in [1.29, 1.82) is 0 Å². The molecule has 4 nitrogen and oxygen atoms in total. The van der Waals surface area contributed by atoms with Crippen LogP contribution >= 0.6 is 0 Å². The highest BCUT2D eigenvalue weighted by atomic mass is 16.5. The molecule has 1 amide bonds. The van der Waals surface area contributed by atoms with Crippen LogP contribution < -0.4 is 15.0 Å². The van der Waals surface area contributed by atoms with Crippen LogP contribution in [-0.4, -0.2) is 26.0 Å². The predicted octanol–water partition coefficient (Wildman–Crippen LogP) is 2.97. The van der Waals surface area contributed by atoms with Gasteiger partial charge < -0.3 is 15.0 Å². The van der Waals surface area contributed by atoms with E-state index in [1.165, 1.54) is 0 Å². The lowest BCUT2D eigenvalue weighted by atomic mass is 10.1. The number of amides is 1. The normalized spacial score (nSPS) is 14.2. The average Bonchev–Trinajstić information content (AvgIpc) is 2.62. The summed E-state index contributed by atoms with van der Waals surface area (Å²) in [5, 5.41) is 2.90. The topological polar surface area (TPSA) is 41.6 Å². The van der Waals surface area contributed by atoms with Gasteiger partial charge >= 0.3 is 0 Å². The molecule has 0 radical (unpaired) electrons. The van der Waals surface area contributed by atoms with E-state index in [1.54, 1.807) is 6.07 Å². The van der Waals surface area contributed by atoms with E-state index in [4.69, 9.17) is 4.74 Å². The number of likely N-dealkylation sites (N-methyl/N-ethyl adjacent to an activating group) is 1. The third kappa shape index (κ3) is 2.70. The maximum Gasteiger partial charge on any atom is 0.253 e. The van der Waals surface area contributed by atoms with E-state index < -0.39 is 0 Å². The highest BCUT2D eigenvalue weighted by molar-refractivity contribution is 6.00. The van der Waals surface area contributed by atoms with Crippen LogP contribution in [0.5, 0.6) is 11.5 Å². The predicted molar refractivity (Wildman–Crippen MR) is 83.3 cm³/mol. The fourth-order valence-corrected chi connectivity index (χ4v) is 2.44. The van der Waals surface area contributed by atoms with Crippen molar-refractivity contribution in [2.75, 3.05) is 25.0 Å². The standard InChI is InChI=1S/C17H18N2O2/c1-12-5-3-4-6-16(12)21-13-7-8-15-14(11-13)17(20)18-9-10-19(15)2/h3-8,11H,9-10H2,1-2H3,(H,18,20). The molecule has 108 valence electrons. The summed E-state index contributed by atoms with van der Waals surface area (Å²) in [5.74, 6) is 1.43. The molecule has 0 bridgehead atoms. The zero-order valence-corrected chi connectivity index (χ0v) is 12.2. The van der Waals surface area contributed by atoms with Crippen molar-refractivity contribution >= 4 is 11.6 Å². The summed E-state index contributed by atoms with van der Waals surface area (Å²) in [7, 11) is 1.99. The molecule has 3 rings (SSSR count). The van der Waals surface area contributed by atoms with Crippen LogP contribution in [0.2, 0.25) is 0 Å². The molecule has 0 aliphatic carbocycles. The molecule has 0 saturated carbocycles. The van der Waals surface area contributed by atoms with Crippen molar-refractivity contribution in [3.8, 4) is 11.5 Å². The fraction of sp³-hybridized carbons (Fsp3) is 0.235. The Morgan fingerprint density at radius 1 is 1.19 bits per heavy atom. The molecule has 1 aliphatic rings. The van der Waals surface area contributed by atoms with Gasteiger partial charge in [-0.05, 0) is 36.8 Å². The van der Waals surface area contributed by atoms with E-state index >= 15 is 0 Å². The molecule has 1 aliphatic heterocycles. The Bertz CT molecular complexity index is 682. The van der Waals surface area contributed by atoms with Crippen LogP contribution in [0.1, 0.15) is 15.9 Å². The number of hydrogen-bond acceptors (Lipinski definition) is 3. The van der Waals surface area contributed by atoms with Crippen LogP contribution in [-0.2, 0) is 0 Å². The SMILES string of the molecule is Cc1ccccc1Oc1ccc2c(c1)C(=O)NCCN2C. The van der Waals surface area contributed by atoms with Crippen LogP contribution in [0, 0.1) is 6.92 Å². The van der Waals surface area contributed by atoms with Gasteiger partial charge in [0.25, 0.3) is 5.91 Å². The first kappa shape index (κ1) is 13.5. The first-order valence-corrected chi connectivity index (χ1v) is 7.02. The molecule has 1 N–H and O–H groups in total. The van der Waals surface area contributed by atoms with Crippen molar-refractivity contribution in [1.82, 2.24) is 5.32 Å². The van der Waals surface area contributed by atoms with Gasteiger partial charge in [0.2, 0.25) is 0 Å². The van der Waals surface area contributed by atoms with Crippen LogP contribution in [0.4, 0.5) is 5.69 Å². The molecular formula is C17H18N2O2. The Kier molecular flexibility index (Phi) is 3.52. The van der Waals surface area contributed by atoms with Gasteiger partial charge in [-0.2, -0.15) is 0 Å². The zero-order valence-electron chi connectivity index (χ0n) is 12.2. The third-order valence-corrected chi connectivity index (χ3v) is 3.68. The third-order valence-electron chi connectivity index (χ3n) is 3.68. The number of nitrogens with zero attached hydrogens (tertiary/aromatic N) is 1. The fourth-order valence-electron chi connectivity index (χ4n) is 2.44. The number of rotatable bonds is 2. The van der Waals surface area contributed by atoms with Crippen molar-refractivity contribution in [3.05, 3.63) is 53.6 Å². The number of anilines is 1. The summed E-state index contributed by atoms with van der Waals surface area (Å²) in [6.45, 7) is 3.45. The van der Waals surface area contributed by atoms with Gasteiger partial charge in [0.05, 0.1) is 5.56 Å². The molecule has 0 saturated heterocycles. The van der Waals surface area contributed by atoms with Gasteiger partial charge in [-0.3, -0.25) is 4.79 Å². The van der Waals surface area contributed by atoms with Crippen LogP contribution in [0.15, 0.2) is 42.5 Å². The number of ether oxygens (including phenoxy) is 1. The minimum Gasteiger partial charge on any atom is -0.457 e. The monoisotopic (exact) mass is 282 g/mol. The number of aryl methyl sites for hydroxylation is 1. The number of carbonyl (C=O) groups excluding carboxylic acids is 1. The lowest BCUT2D eigenvalue weighted by molar-refractivity contribution is 0.0957. The van der Waals surface area contributed by atoms with E-state index in [0.717, 1.165) is 23.5 Å². The molecule has 0 atom stereocenters. The second-order valence-electron chi connectivity index (χ2n) is 5.22. The number of fused-ring (bicyclic) bond motifs is 1. The van der Waals surface area contributed by atoms with E-state index in [0.29, 0.717) is 17.9 Å². The summed E-state index contributed by atoms with van der Waals surface area (Å²) in [4.78, 5) is 14.2. The van der Waals surface area contributed by atoms with Gasteiger partial charge in [0, 0.05) is 25.8 Å². The smallest absolute Gasteiger partial charge is 0.253 e. The number of carbonyl (C=O) groups is 1. The molecule has 0 fully saturated rings. The van der Waals surface area contributed by atoms with Gasteiger partial charge in [-0.15, -0.1) is 0 Å². The first-order valence-electron chi connectivity index (χ1n) is 7.02. The molecule has 1 heterocycles. The molecule has 2 aromatic rings. The summed E-state index contributed by atoms with van der Waals surface area (Å²) in [6.07, 6.45) is 0. The summed E-state index contributed by atoms with van der Waals surface area (Å²) >= 11 is 0. The Hall–Kier alpha value is -2.49. The molecule has 0 aromatic heterocycles. The van der Waals surface area contributed by atoms with Crippen molar-refractivity contribution < 1.29 is 9.53 Å². The number of nitrogens with one attached hydrogen (secondary N) is 1. The second-order valence-corrected chi connectivity index (χ2v) is 5.22. The Labute approximate surface area is 124 Å². The van der Waals surface area contributed by atoms with Crippen LogP contribution in [0.25, 0.3) is 0 Å². The Morgan fingerprint density at radius 2 is 2.00 bits per heavy atom. The second kappa shape index (κ2) is 5.48. The molecule has 4 heteroatoms. The molecule has 2 aromatic carbocycles. The number of hydrogen-bond donors (Lipinski definition) is 1. The largest absolute Gasteiger partial charge is 0.457 e. The van der Waals surface area contributed by atoms with Gasteiger partial charge in [-0.1, -0.05) is 18.2 Å². The first-order chi connectivity index (χ1) is 10.1. The highest BCUT2D eigenvalue weighted by Crippen LogP contribution is 2.30. The van der Waals surface area contributed by atoms with E-state index in [9.17, 15) is 4.79 Å². The molecular weight excluding hydrogens is 264 g/mol. The molecule has 0 unspecified atom stereocenters. The average molecular weight is 282 g/mol. The summed E-state index contributed by atoms with van der Waals surface area (Å²) in [5.41, 5.74) is 2.65. The highest BCUT2D eigenvalue weighted by Gasteiger charge is 2.19. The van der Waals surface area contributed by atoms with E-state index in [-0.39, 0.29) is 5.91 Å². The number of para-hydroxylation sites is 1. The molecule has 0 spiro atoms. The van der Waals surface area contributed by atoms with Crippen LogP contribution in [0.3, 0.4) is 0 Å². The summed E-state index contributed by atoms with van der Waals surface area (Å²) in [6, 6.07) is 13.5. The number of benzene rings is 2. The Morgan fingerprint density at radius 3 is 2.81 bits per heavy atom. The van der Waals surface area contributed by atoms with Gasteiger partial charge in [-0.25, -0.2) is 0 Å². The maximum atomic E-state index is 12.1. The lowest BCUT2D eigenvalue weighted by Crippen LogP contribution is -2.27. The molecule has 21 heavy (non-hydrogen) atoms. The van der Waals surface area contributed by atoms with Crippen molar-refractivity contribution in [2.24, 2.45) is 0 Å². The minimum atomic E-state index is -0.0513. The van der Waals surface area contributed by atoms with Crippen molar-refractivity contribution in [3.63, 3.8) is 0 Å². The maximum absolute atomic E-state index is 12.1. The summed E-state index contributed by atoms with van der Waals surface area (Å²) < 4.78 is 5.90. The van der Waals surface area contributed by atoms with Gasteiger partial charge in [0.15, 0.2) is 0 Å². The Balaban J connectivity index is 1.95. The zero-order chi connectivity index (χ0) is 14.8. The van der Waals surface area contributed by atoms with E-state index in [1.807, 2.05) is 50.4 Å².